The Morgan fingerprint density at radius 1 is 1.00 bits per heavy atom. The maximum absolute atomic E-state index is 12.5. The van der Waals surface area contributed by atoms with Crippen molar-refractivity contribution < 1.29 is 4.79 Å². The first-order valence-corrected chi connectivity index (χ1v) is 10.0. The molecule has 1 aromatic heterocycles. The van der Waals surface area contributed by atoms with Crippen molar-refractivity contribution in [3.05, 3.63) is 69.3 Å². The maximum atomic E-state index is 12.5. The van der Waals surface area contributed by atoms with E-state index in [0.29, 0.717) is 6.42 Å². The molecule has 140 valence electrons. The summed E-state index contributed by atoms with van der Waals surface area (Å²) < 4.78 is 2.73. The van der Waals surface area contributed by atoms with Gasteiger partial charge < -0.3 is 9.47 Å². The number of thiazole rings is 1. The molecule has 4 rings (SSSR count). The van der Waals surface area contributed by atoms with E-state index in [1.807, 2.05) is 48.3 Å². The van der Waals surface area contributed by atoms with Crippen LogP contribution in [0.4, 0.5) is 0 Å². The number of aromatic nitrogens is 1. The molecule has 2 aromatic carbocycles. The molecule has 1 aliphatic rings. The molecule has 0 aliphatic carbocycles. The number of aryl methyl sites for hydroxylation is 1. The van der Waals surface area contributed by atoms with E-state index in [2.05, 4.69) is 17.0 Å². The van der Waals surface area contributed by atoms with Crippen LogP contribution in [0.25, 0.3) is 10.2 Å². The van der Waals surface area contributed by atoms with Crippen LogP contribution in [0.2, 0.25) is 0 Å². The monoisotopic (exact) mass is 381 g/mol. The summed E-state index contributed by atoms with van der Waals surface area (Å²) in [6, 6.07) is 16.2. The van der Waals surface area contributed by atoms with Crippen LogP contribution in [0.1, 0.15) is 11.1 Å². The van der Waals surface area contributed by atoms with Gasteiger partial charge in [0.2, 0.25) is 5.91 Å². The van der Waals surface area contributed by atoms with Crippen LogP contribution in [-0.2, 0) is 24.8 Å². The number of rotatable bonds is 4. The Bertz CT molecular complexity index is 1000. The van der Waals surface area contributed by atoms with E-state index in [9.17, 15) is 9.59 Å². The standard InChI is InChI=1S/C21H23N3O2S/c1-22-18-8-7-17(13-19(18)27-21(22)26)15-23-9-11-24(12-10-23)20(25)14-16-5-3-2-4-6-16/h2-8,13H,9-12,14-15H2,1H3. The number of benzene rings is 2. The normalized spacial score (nSPS) is 15.4. The molecule has 0 spiro atoms. The van der Waals surface area contributed by atoms with Crippen molar-refractivity contribution in [1.82, 2.24) is 14.4 Å². The number of carbonyl (C=O) groups is 1. The van der Waals surface area contributed by atoms with E-state index in [4.69, 9.17) is 0 Å². The first kappa shape index (κ1) is 17.9. The first-order chi connectivity index (χ1) is 13.1. The Morgan fingerprint density at radius 3 is 2.48 bits per heavy atom. The fraction of sp³-hybridized carbons (Fsp3) is 0.333. The highest BCUT2D eigenvalue weighted by molar-refractivity contribution is 7.16. The second-order valence-corrected chi connectivity index (χ2v) is 8.04. The van der Waals surface area contributed by atoms with Gasteiger partial charge in [-0.2, -0.15) is 0 Å². The molecule has 0 saturated carbocycles. The molecule has 6 heteroatoms. The van der Waals surface area contributed by atoms with Gasteiger partial charge in [0.1, 0.15) is 0 Å². The van der Waals surface area contributed by atoms with Crippen LogP contribution < -0.4 is 4.87 Å². The summed E-state index contributed by atoms with van der Waals surface area (Å²) in [5, 5.41) is 0. The summed E-state index contributed by atoms with van der Waals surface area (Å²) in [6.45, 7) is 4.15. The lowest BCUT2D eigenvalue weighted by molar-refractivity contribution is -0.132. The van der Waals surface area contributed by atoms with Gasteiger partial charge in [0.15, 0.2) is 0 Å². The van der Waals surface area contributed by atoms with Gasteiger partial charge in [-0.3, -0.25) is 14.5 Å². The highest BCUT2D eigenvalue weighted by Gasteiger charge is 2.21. The molecule has 2 heterocycles. The molecule has 1 saturated heterocycles. The van der Waals surface area contributed by atoms with Crippen LogP contribution >= 0.6 is 11.3 Å². The third-order valence-corrected chi connectivity index (χ3v) is 6.18. The zero-order chi connectivity index (χ0) is 18.8. The van der Waals surface area contributed by atoms with E-state index in [1.54, 1.807) is 4.57 Å². The molecule has 5 nitrogen and oxygen atoms in total. The lowest BCUT2D eigenvalue weighted by Gasteiger charge is -2.34. The third kappa shape index (κ3) is 3.96. The van der Waals surface area contributed by atoms with Crippen LogP contribution in [0.5, 0.6) is 0 Å². The quantitative estimate of drug-likeness (QED) is 0.698. The Hall–Kier alpha value is -2.44. The Balaban J connectivity index is 1.34. The second kappa shape index (κ2) is 7.66. The molecule has 0 radical (unpaired) electrons. The van der Waals surface area contributed by atoms with Gasteiger partial charge in [-0.05, 0) is 23.3 Å². The number of nitrogens with zero attached hydrogens (tertiary/aromatic N) is 3. The predicted molar refractivity (Wildman–Crippen MR) is 109 cm³/mol. The molecule has 1 aliphatic heterocycles. The molecule has 1 amide bonds. The molecule has 0 unspecified atom stereocenters. The van der Waals surface area contributed by atoms with Gasteiger partial charge in [-0.25, -0.2) is 0 Å². The van der Waals surface area contributed by atoms with Crippen LogP contribution in [-0.4, -0.2) is 46.5 Å². The van der Waals surface area contributed by atoms with Crippen LogP contribution in [0.3, 0.4) is 0 Å². The molecule has 0 N–H and O–H groups in total. The van der Waals surface area contributed by atoms with Crippen molar-refractivity contribution in [3.63, 3.8) is 0 Å². The van der Waals surface area contributed by atoms with E-state index in [0.717, 1.165) is 48.5 Å². The van der Waals surface area contributed by atoms with E-state index < -0.39 is 0 Å². The molecule has 3 aromatic rings. The number of amides is 1. The zero-order valence-corrected chi connectivity index (χ0v) is 16.2. The lowest BCUT2D eigenvalue weighted by atomic mass is 10.1. The minimum atomic E-state index is 0.0766. The van der Waals surface area contributed by atoms with Gasteiger partial charge >= 0.3 is 4.87 Å². The largest absolute Gasteiger partial charge is 0.340 e. The van der Waals surface area contributed by atoms with Crippen molar-refractivity contribution in [2.45, 2.75) is 13.0 Å². The number of hydrogen-bond acceptors (Lipinski definition) is 4. The second-order valence-electron chi connectivity index (χ2n) is 7.05. The van der Waals surface area contributed by atoms with E-state index in [-0.39, 0.29) is 10.8 Å². The van der Waals surface area contributed by atoms with Crippen LogP contribution in [0.15, 0.2) is 53.3 Å². The van der Waals surface area contributed by atoms with Crippen molar-refractivity contribution in [2.24, 2.45) is 7.05 Å². The van der Waals surface area contributed by atoms with Gasteiger partial charge in [-0.15, -0.1) is 0 Å². The summed E-state index contributed by atoms with van der Waals surface area (Å²) in [5.41, 5.74) is 3.28. The highest BCUT2D eigenvalue weighted by Crippen LogP contribution is 2.20. The topological polar surface area (TPSA) is 45.6 Å². The number of hydrogen-bond donors (Lipinski definition) is 0. The number of fused-ring (bicyclic) bond motifs is 1. The molecule has 0 bridgehead atoms. The van der Waals surface area contributed by atoms with Crippen molar-refractivity contribution >= 4 is 27.5 Å². The Morgan fingerprint density at radius 2 is 1.74 bits per heavy atom. The summed E-state index contributed by atoms with van der Waals surface area (Å²) in [5.74, 6) is 0.205. The minimum absolute atomic E-state index is 0.0766. The SMILES string of the molecule is Cn1c(=O)sc2cc(CN3CCN(C(=O)Cc4ccccc4)CC3)ccc21. The number of piperazine rings is 1. The molecular weight excluding hydrogens is 358 g/mol. The summed E-state index contributed by atoms with van der Waals surface area (Å²) in [4.78, 5) is 28.7. The highest BCUT2D eigenvalue weighted by atomic mass is 32.1. The van der Waals surface area contributed by atoms with Gasteiger partial charge in [0, 0.05) is 39.8 Å². The third-order valence-electron chi connectivity index (χ3n) is 5.19. The number of carbonyl (C=O) groups excluding carboxylic acids is 1. The van der Waals surface area contributed by atoms with Crippen molar-refractivity contribution in [3.8, 4) is 0 Å². The average molecular weight is 382 g/mol. The van der Waals surface area contributed by atoms with Crippen LogP contribution in [0, 0.1) is 0 Å². The molecule has 27 heavy (non-hydrogen) atoms. The Kier molecular flexibility index (Phi) is 5.09. The summed E-state index contributed by atoms with van der Waals surface area (Å²) in [7, 11) is 1.81. The molecule has 1 fully saturated rings. The average Bonchev–Trinajstić information content (AvgIpc) is 2.96. The fourth-order valence-electron chi connectivity index (χ4n) is 3.57. The van der Waals surface area contributed by atoms with Crippen molar-refractivity contribution in [1.29, 1.82) is 0 Å². The molecule has 0 atom stereocenters. The van der Waals surface area contributed by atoms with Crippen molar-refractivity contribution in [2.75, 3.05) is 26.2 Å². The lowest BCUT2D eigenvalue weighted by Crippen LogP contribution is -2.48. The van der Waals surface area contributed by atoms with E-state index in [1.165, 1.54) is 16.9 Å². The van der Waals surface area contributed by atoms with Gasteiger partial charge in [0.25, 0.3) is 0 Å². The zero-order valence-electron chi connectivity index (χ0n) is 15.4. The van der Waals surface area contributed by atoms with E-state index >= 15 is 0 Å². The summed E-state index contributed by atoms with van der Waals surface area (Å²) >= 11 is 1.30. The molecular formula is C21H23N3O2S. The summed E-state index contributed by atoms with van der Waals surface area (Å²) in [6.07, 6.45) is 0.477. The fourth-order valence-corrected chi connectivity index (χ4v) is 4.52. The van der Waals surface area contributed by atoms with Gasteiger partial charge in [-0.1, -0.05) is 47.7 Å². The van der Waals surface area contributed by atoms with Gasteiger partial charge in [0.05, 0.1) is 16.6 Å². The minimum Gasteiger partial charge on any atom is -0.340 e. The smallest absolute Gasteiger partial charge is 0.307 e. The Labute approximate surface area is 162 Å². The predicted octanol–water partition coefficient (Wildman–Crippen LogP) is 2.49. The first-order valence-electron chi connectivity index (χ1n) is 9.23. The maximum Gasteiger partial charge on any atom is 0.307 e.